The Morgan fingerprint density at radius 2 is 2.08 bits per heavy atom. The number of carbonyl (C=O) groups is 1. The molecule has 5 heteroatoms. The number of fused-ring (bicyclic) bond motifs is 1. The third-order valence-corrected chi connectivity index (χ3v) is 4.40. The summed E-state index contributed by atoms with van der Waals surface area (Å²) in [5, 5.41) is 2.98. The van der Waals surface area contributed by atoms with Crippen LogP contribution in [0.5, 0.6) is 0 Å². The number of para-hydroxylation sites is 1. The summed E-state index contributed by atoms with van der Waals surface area (Å²) in [5.74, 6) is 0.888. The van der Waals surface area contributed by atoms with Crippen LogP contribution in [0.1, 0.15) is 12.2 Å². The van der Waals surface area contributed by atoms with Crippen LogP contribution in [0.25, 0.3) is 16.7 Å². The number of anilines is 1. The molecule has 3 aromatic rings. The number of hydrogen-bond donors (Lipinski definition) is 1. The average Bonchev–Trinajstić information content (AvgIpc) is 3.22. The molecule has 1 amide bonds. The largest absolute Gasteiger partial charge is 0.381 e. The third kappa shape index (κ3) is 2.67. The van der Waals surface area contributed by atoms with Crippen molar-refractivity contribution in [2.45, 2.75) is 13.3 Å². The second-order valence-corrected chi connectivity index (χ2v) is 6.08. The van der Waals surface area contributed by atoms with E-state index >= 15 is 0 Å². The zero-order valence-corrected chi connectivity index (χ0v) is 13.5. The minimum absolute atomic E-state index is 0.0195. The van der Waals surface area contributed by atoms with E-state index in [9.17, 15) is 4.79 Å². The smallest absolute Gasteiger partial charge is 0.229 e. The van der Waals surface area contributed by atoms with Crippen LogP contribution in [0.3, 0.4) is 0 Å². The minimum atomic E-state index is -0.0516. The van der Waals surface area contributed by atoms with E-state index in [1.807, 2.05) is 43.3 Å². The second-order valence-electron chi connectivity index (χ2n) is 6.08. The van der Waals surface area contributed by atoms with Gasteiger partial charge in [0.15, 0.2) is 0 Å². The third-order valence-electron chi connectivity index (χ3n) is 4.40. The Kier molecular flexibility index (Phi) is 3.78. The number of nitrogens with one attached hydrogen (secondary N) is 1. The van der Waals surface area contributed by atoms with E-state index in [2.05, 4.69) is 27.0 Å². The van der Waals surface area contributed by atoms with Gasteiger partial charge in [-0.2, -0.15) is 0 Å². The summed E-state index contributed by atoms with van der Waals surface area (Å²) in [4.78, 5) is 16.9. The van der Waals surface area contributed by atoms with Crippen LogP contribution in [0.2, 0.25) is 0 Å². The normalized spacial score (nSPS) is 17.3. The molecule has 4 rings (SSSR count). The predicted octanol–water partition coefficient (Wildman–Crippen LogP) is 3.31. The molecule has 1 aromatic heterocycles. The number of hydrogen-bond acceptors (Lipinski definition) is 3. The molecule has 1 atom stereocenters. The van der Waals surface area contributed by atoms with Crippen molar-refractivity contribution in [1.29, 1.82) is 0 Å². The monoisotopic (exact) mass is 321 g/mol. The Morgan fingerprint density at radius 3 is 2.83 bits per heavy atom. The molecule has 0 bridgehead atoms. The first-order valence-corrected chi connectivity index (χ1v) is 8.15. The molecule has 24 heavy (non-hydrogen) atoms. The fourth-order valence-corrected chi connectivity index (χ4v) is 3.17. The van der Waals surface area contributed by atoms with E-state index in [-0.39, 0.29) is 11.8 Å². The lowest BCUT2D eigenvalue weighted by Gasteiger charge is -2.10. The van der Waals surface area contributed by atoms with Crippen molar-refractivity contribution in [3.05, 3.63) is 54.4 Å². The van der Waals surface area contributed by atoms with Crippen molar-refractivity contribution in [3.8, 4) is 5.69 Å². The second kappa shape index (κ2) is 6.09. The summed E-state index contributed by atoms with van der Waals surface area (Å²) < 4.78 is 7.39. The quantitative estimate of drug-likeness (QED) is 0.805. The van der Waals surface area contributed by atoms with E-state index in [4.69, 9.17) is 4.74 Å². The molecule has 122 valence electrons. The van der Waals surface area contributed by atoms with Crippen LogP contribution in [-0.2, 0) is 9.53 Å². The first-order valence-electron chi connectivity index (χ1n) is 8.15. The predicted molar refractivity (Wildman–Crippen MR) is 93.4 cm³/mol. The number of rotatable bonds is 3. The van der Waals surface area contributed by atoms with E-state index in [0.29, 0.717) is 13.2 Å². The summed E-state index contributed by atoms with van der Waals surface area (Å²) in [5.41, 5.74) is 3.76. The topological polar surface area (TPSA) is 56.1 Å². The van der Waals surface area contributed by atoms with Crippen molar-refractivity contribution in [2.75, 3.05) is 18.5 Å². The first kappa shape index (κ1) is 14.9. The summed E-state index contributed by atoms with van der Waals surface area (Å²) in [6.45, 7) is 3.16. The molecular weight excluding hydrogens is 302 g/mol. The van der Waals surface area contributed by atoms with Gasteiger partial charge >= 0.3 is 0 Å². The molecule has 0 spiro atoms. The average molecular weight is 321 g/mol. The van der Waals surface area contributed by atoms with Crippen molar-refractivity contribution in [1.82, 2.24) is 9.55 Å². The molecule has 2 heterocycles. The fraction of sp³-hybridized carbons (Fsp3) is 0.263. The highest BCUT2D eigenvalue weighted by molar-refractivity contribution is 5.95. The van der Waals surface area contributed by atoms with Crippen LogP contribution < -0.4 is 5.32 Å². The van der Waals surface area contributed by atoms with Gasteiger partial charge in [0.2, 0.25) is 5.91 Å². The molecule has 1 fully saturated rings. The van der Waals surface area contributed by atoms with Crippen LogP contribution >= 0.6 is 0 Å². The van der Waals surface area contributed by atoms with E-state index < -0.39 is 0 Å². The number of amides is 1. The Labute approximate surface area is 140 Å². The summed E-state index contributed by atoms with van der Waals surface area (Å²) in [6, 6.07) is 16.0. The summed E-state index contributed by atoms with van der Waals surface area (Å²) in [6.07, 6.45) is 0.788. The molecule has 1 N–H and O–H groups in total. The molecule has 5 nitrogen and oxygen atoms in total. The van der Waals surface area contributed by atoms with Gasteiger partial charge in [0.05, 0.1) is 23.6 Å². The Balaban J connectivity index is 1.66. The van der Waals surface area contributed by atoms with Crippen molar-refractivity contribution < 1.29 is 9.53 Å². The highest BCUT2D eigenvalue weighted by Crippen LogP contribution is 2.24. The van der Waals surface area contributed by atoms with Gasteiger partial charge in [-0.1, -0.05) is 18.2 Å². The van der Waals surface area contributed by atoms with Gasteiger partial charge < -0.3 is 10.1 Å². The number of nitrogens with zero attached hydrogens (tertiary/aromatic N) is 2. The molecule has 1 aliphatic heterocycles. The molecule has 1 aliphatic rings. The van der Waals surface area contributed by atoms with Crippen molar-refractivity contribution in [2.24, 2.45) is 5.92 Å². The van der Waals surface area contributed by atoms with E-state index in [1.165, 1.54) is 0 Å². The lowest BCUT2D eigenvalue weighted by atomic mass is 10.1. The Morgan fingerprint density at radius 1 is 1.25 bits per heavy atom. The number of carbonyl (C=O) groups excluding carboxylic acids is 1. The van der Waals surface area contributed by atoms with Crippen molar-refractivity contribution >= 4 is 22.6 Å². The van der Waals surface area contributed by atoms with Crippen LogP contribution in [-0.4, -0.2) is 28.7 Å². The molecule has 0 unspecified atom stereocenters. The molecule has 2 aromatic carbocycles. The number of aromatic nitrogens is 2. The fourth-order valence-electron chi connectivity index (χ4n) is 3.17. The molecule has 0 radical (unpaired) electrons. The maximum absolute atomic E-state index is 12.2. The Bertz CT molecular complexity index is 880. The SMILES string of the molecule is Cc1nc2cc(NC(=O)[C@H]3CCOC3)ccc2n1-c1ccccc1. The maximum Gasteiger partial charge on any atom is 0.229 e. The lowest BCUT2D eigenvalue weighted by molar-refractivity contribution is -0.119. The molecule has 0 aliphatic carbocycles. The van der Waals surface area contributed by atoms with Gasteiger partial charge in [-0.3, -0.25) is 9.36 Å². The number of aryl methyl sites for hydroxylation is 1. The van der Waals surface area contributed by atoms with E-state index in [0.717, 1.165) is 34.7 Å². The van der Waals surface area contributed by atoms with Gasteiger partial charge in [0.25, 0.3) is 0 Å². The molecule has 1 saturated heterocycles. The standard InChI is InChI=1S/C19H19N3O2/c1-13-20-17-11-15(21-19(23)14-9-10-24-12-14)7-8-18(17)22(13)16-5-3-2-4-6-16/h2-8,11,14H,9-10,12H2,1H3,(H,21,23)/t14-/m0/s1. The van der Waals surface area contributed by atoms with Crippen molar-refractivity contribution in [3.63, 3.8) is 0 Å². The number of ether oxygens (including phenoxy) is 1. The zero-order chi connectivity index (χ0) is 16.5. The molecule has 0 saturated carbocycles. The zero-order valence-electron chi connectivity index (χ0n) is 13.5. The lowest BCUT2D eigenvalue weighted by Crippen LogP contribution is -2.22. The highest BCUT2D eigenvalue weighted by Gasteiger charge is 2.23. The Hall–Kier alpha value is -2.66. The van der Waals surface area contributed by atoms with Crippen LogP contribution in [0.15, 0.2) is 48.5 Å². The van der Waals surface area contributed by atoms with E-state index in [1.54, 1.807) is 0 Å². The first-order chi connectivity index (χ1) is 11.7. The van der Waals surface area contributed by atoms with Gasteiger partial charge in [0, 0.05) is 18.0 Å². The highest BCUT2D eigenvalue weighted by atomic mass is 16.5. The van der Waals surface area contributed by atoms with Gasteiger partial charge in [0.1, 0.15) is 5.82 Å². The summed E-state index contributed by atoms with van der Waals surface area (Å²) >= 11 is 0. The van der Waals surface area contributed by atoms with Gasteiger partial charge in [-0.25, -0.2) is 4.98 Å². The van der Waals surface area contributed by atoms with Crippen LogP contribution in [0.4, 0.5) is 5.69 Å². The number of benzene rings is 2. The van der Waals surface area contributed by atoms with Gasteiger partial charge in [-0.15, -0.1) is 0 Å². The number of imidazole rings is 1. The minimum Gasteiger partial charge on any atom is -0.381 e. The van der Waals surface area contributed by atoms with Gasteiger partial charge in [-0.05, 0) is 43.7 Å². The summed E-state index contributed by atoms with van der Waals surface area (Å²) in [7, 11) is 0. The molecular formula is C19H19N3O2. The van der Waals surface area contributed by atoms with Crippen LogP contribution in [0, 0.1) is 12.8 Å². The maximum atomic E-state index is 12.2.